The smallest absolute Gasteiger partial charge is 0.141 e. The Morgan fingerprint density at radius 1 is 1.16 bits per heavy atom. The van der Waals surface area contributed by atoms with E-state index < -0.39 is 0 Å². The van der Waals surface area contributed by atoms with Crippen LogP contribution in [0.3, 0.4) is 0 Å². The van der Waals surface area contributed by atoms with E-state index in [1.165, 1.54) is 12.1 Å². The third-order valence-electron chi connectivity index (χ3n) is 2.65. The predicted octanol–water partition coefficient (Wildman–Crippen LogP) is 4.49. The topological polar surface area (TPSA) is 21.3 Å². The van der Waals surface area contributed by atoms with E-state index in [0.717, 1.165) is 24.4 Å². The highest BCUT2D eigenvalue weighted by atomic mass is 79.9. The van der Waals surface area contributed by atoms with Crippen LogP contribution < -0.4 is 10.1 Å². The Morgan fingerprint density at radius 2 is 1.95 bits per heavy atom. The summed E-state index contributed by atoms with van der Waals surface area (Å²) in [6, 6.07) is 12.2. The quantitative estimate of drug-likeness (QED) is 0.875. The molecule has 100 valence electrons. The van der Waals surface area contributed by atoms with Gasteiger partial charge in [-0.05, 0) is 46.7 Å². The molecule has 0 heterocycles. The van der Waals surface area contributed by atoms with Gasteiger partial charge in [-0.1, -0.05) is 25.1 Å². The van der Waals surface area contributed by atoms with Crippen LogP contribution in [-0.4, -0.2) is 6.54 Å². The third kappa shape index (κ3) is 3.78. The predicted molar refractivity (Wildman–Crippen MR) is 78.0 cm³/mol. The van der Waals surface area contributed by atoms with Crippen molar-refractivity contribution < 1.29 is 9.13 Å². The largest absolute Gasteiger partial charge is 0.456 e. The average Bonchev–Trinajstić information content (AvgIpc) is 2.41. The van der Waals surface area contributed by atoms with Crippen molar-refractivity contribution in [2.75, 3.05) is 6.54 Å². The lowest BCUT2D eigenvalue weighted by atomic mass is 10.2. The number of halogens is 2. The SMILES string of the molecule is CCNCc1ccccc1Oc1ccc(F)cc1Br. The lowest BCUT2D eigenvalue weighted by Gasteiger charge is -2.12. The number of hydrogen-bond donors (Lipinski definition) is 1. The molecule has 0 spiro atoms. The molecule has 0 fully saturated rings. The Balaban J connectivity index is 2.22. The maximum absolute atomic E-state index is 13.0. The normalized spacial score (nSPS) is 10.5. The lowest BCUT2D eigenvalue weighted by Crippen LogP contribution is -2.12. The van der Waals surface area contributed by atoms with Crippen LogP contribution in [0.5, 0.6) is 11.5 Å². The molecule has 2 aromatic rings. The second kappa shape index (κ2) is 6.68. The van der Waals surface area contributed by atoms with Gasteiger partial charge in [-0.25, -0.2) is 4.39 Å². The van der Waals surface area contributed by atoms with E-state index in [9.17, 15) is 4.39 Å². The second-order valence-corrected chi connectivity index (χ2v) is 4.92. The Hall–Kier alpha value is -1.39. The highest BCUT2D eigenvalue weighted by molar-refractivity contribution is 9.10. The maximum Gasteiger partial charge on any atom is 0.141 e. The molecule has 19 heavy (non-hydrogen) atoms. The molecule has 0 aliphatic carbocycles. The van der Waals surface area contributed by atoms with Crippen LogP contribution in [0.25, 0.3) is 0 Å². The van der Waals surface area contributed by atoms with Crippen LogP contribution in [0, 0.1) is 5.82 Å². The summed E-state index contributed by atoms with van der Waals surface area (Å²) in [6.45, 7) is 3.69. The maximum atomic E-state index is 13.0. The number of ether oxygens (including phenoxy) is 1. The highest BCUT2D eigenvalue weighted by Crippen LogP contribution is 2.31. The summed E-state index contributed by atoms with van der Waals surface area (Å²) in [7, 11) is 0. The van der Waals surface area contributed by atoms with Gasteiger partial charge in [0, 0.05) is 12.1 Å². The van der Waals surface area contributed by atoms with Crippen LogP contribution in [0.2, 0.25) is 0 Å². The van der Waals surface area contributed by atoms with E-state index in [4.69, 9.17) is 4.74 Å². The second-order valence-electron chi connectivity index (χ2n) is 4.06. The Morgan fingerprint density at radius 3 is 2.68 bits per heavy atom. The van der Waals surface area contributed by atoms with Crippen molar-refractivity contribution in [2.24, 2.45) is 0 Å². The van der Waals surface area contributed by atoms with Crippen LogP contribution >= 0.6 is 15.9 Å². The molecule has 1 N–H and O–H groups in total. The van der Waals surface area contributed by atoms with Crippen molar-refractivity contribution in [2.45, 2.75) is 13.5 Å². The molecule has 2 rings (SSSR count). The van der Waals surface area contributed by atoms with Crippen LogP contribution in [0.15, 0.2) is 46.9 Å². The van der Waals surface area contributed by atoms with Gasteiger partial charge in [0.25, 0.3) is 0 Å². The first-order chi connectivity index (χ1) is 9.20. The fourth-order valence-electron chi connectivity index (χ4n) is 1.69. The van der Waals surface area contributed by atoms with Gasteiger partial charge < -0.3 is 10.1 Å². The number of benzene rings is 2. The molecule has 2 aromatic carbocycles. The molecule has 0 saturated carbocycles. The highest BCUT2D eigenvalue weighted by Gasteiger charge is 2.07. The monoisotopic (exact) mass is 323 g/mol. The van der Waals surface area contributed by atoms with Gasteiger partial charge in [-0.3, -0.25) is 0 Å². The minimum Gasteiger partial charge on any atom is -0.456 e. The van der Waals surface area contributed by atoms with Crippen molar-refractivity contribution >= 4 is 15.9 Å². The minimum atomic E-state index is -0.292. The zero-order chi connectivity index (χ0) is 13.7. The summed E-state index contributed by atoms with van der Waals surface area (Å²) in [5.74, 6) is 1.08. The zero-order valence-corrected chi connectivity index (χ0v) is 12.2. The summed E-state index contributed by atoms with van der Waals surface area (Å²) in [5, 5.41) is 3.26. The van der Waals surface area contributed by atoms with Gasteiger partial charge in [-0.15, -0.1) is 0 Å². The van der Waals surface area contributed by atoms with Gasteiger partial charge in [-0.2, -0.15) is 0 Å². The summed E-state index contributed by atoms with van der Waals surface area (Å²) >= 11 is 3.30. The fourth-order valence-corrected chi connectivity index (χ4v) is 2.12. The first kappa shape index (κ1) is 14.0. The molecule has 2 nitrogen and oxygen atoms in total. The molecule has 0 radical (unpaired) electrons. The summed E-state index contributed by atoms with van der Waals surface area (Å²) < 4.78 is 19.5. The molecule has 0 bridgehead atoms. The van der Waals surface area contributed by atoms with Crippen molar-refractivity contribution in [3.05, 3.63) is 58.3 Å². The van der Waals surface area contributed by atoms with Crippen LogP contribution in [0.4, 0.5) is 4.39 Å². The van der Waals surface area contributed by atoms with E-state index in [1.807, 2.05) is 24.3 Å². The molecule has 0 amide bonds. The number of rotatable bonds is 5. The van der Waals surface area contributed by atoms with Gasteiger partial charge in [0.15, 0.2) is 0 Å². The molecule has 0 aromatic heterocycles. The molecule has 0 saturated heterocycles. The van der Waals surface area contributed by atoms with E-state index in [-0.39, 0.29) is 5.82 Å². The summed E-state index contributed by atoms with van der Waals surface area (Å²) in [5.41, 5.74) is 1.07. The molecular formula is C15H15BrFNO. The molecule has 0 atom stereocenters. The van der Waals surface area contributed by atoms with Crippen LogP contribution in [-0.2, 0) is 6.54 Å². The summed E-state index contributed by atoms with van der Waals surface area (Å²) in [4.78, 5) is 0. The van der Waals surface area contributed by atoms with E-state index in [2.05, 4.69) is 28.2 Å². The van der Waals surface area contributed by atoms with Gasteiger partial charge >= 0.3 is 0 Å². The fraction of sp³-hybridized carbons (Fsp3) is 0.200. The lowest BCUT2D eigenvalue weighted by molar-refractivity contribution is 0.468. The van der Waals surface area contributed by atoms with E-state index >= 15 is 0 Å². The molecule has 4 heteroatoms. The Labute approximate surface area is 120 Å². The number of para-hydroxylation sites is 1. The standard InChI is InChI=1S/C15H15BrFNO/c1-2-18-10-11-5-3-4-6-14(11)19-15-8-7-12(17)9-13(15)16/h3-9,18H,2,10H2,1H3. The van der Waals surface area contributed by atoms with Gasteiger partial charge in [0.2, 0.25) is 0 Å². The van der Waals surface area contributed by atoms with Gasteiger partial charge in [0.1, 0.15) is 17.3 Å². The van der Waals surface area contributed by atoms with Crippen molar-refractivity contribution in [1.82, 2.24) is 5.32 Å². The van der Waals surface area contributed by atoms with E-state index in [0.29, 0.717) is 10.2 Å². The molecular weight excluding hydrogens is 309 g/mol. The van der Waals surface area contributed by atoms with Gasteiger partial charge in [0.05, 0.1) is 4.47 Å². The molecule has 0 aliphatic heterocycles. The third-order valence-corrected chi connectivity index (χ3v) is 3.27. The Kier molecular flexibility index (Phi) is 4.93. The number of hydrogen-bond acceptors (Lipinski definition) is 2. The molecule has 0 aliphatic rings. The van der Waals surface area contributed by atoms with E-state index in [1.54, 1.807) is 6.07 Å². The average molecular weight is 324 g/mol. The first-order valence-corrected chi connectivity index (χ1v) is 6.91. The van der Waals surface area contributed by atoms with Crippen molar-refractivity contribution in [1.29, 1.82) is 0 Å². The van der Waals surface area contributed by atoms with Crippen molar-refractivity contribution in [3.63, 3.8) is 0 Å². The number of nitrogens with one attached hydrogen (secondary N) is 1. The van der Waals surface area contributed by atoms with Crippen LogP contribution in [0.1, 0.15) is 12.5 Å². The Bertz CT molecular complexity index is 560. The minimum absolute atomic E-state index is 0.292. The summed E-state index contributed by atoms with van der Waals surface area (Å²) in [6.07, 6.45) is 0. The molecule has 0 unspecified atom stereocenters. The zero-order valence-electron chi connectivity index (χ0n) is 10.6. The first-order valence-electron chi connectivity index (χ1n) is 6.12. The van der Waals surface area contributed by atoms with Crippen molar-refractivity contribution in [3.8, 4) is 11.5 Å².